The summed E-state index contributed by atoms with van der Waals surface area (Å²) in [7, 11) is -3.29. The number of hydrogen-bond donors (Lipinski definition) is 0. The standard InChI is InChI=1S/C34H28N2O2S2/c1-22(2)27-20-26-10-7-17-35-33(26)29(21-27)25-9-6-8-23(18-25)19-30(24-13-15-28(16-14-24)40(3,37)38)34-36-31-11-4-5-12-32(31)39-34/h4-22H,1-3H3. The van der Waals surface area contributed by atoms with Crippen LogP contribution in [0.1, 0.15) is 41.5 Å². The second-order valence-corrected chi connectivity index (χ2v) is 13.3. The molecule has 0 aliphatic heterocycles. The van der Waals surface area contributed by atoms with Crippen LogP contribution in [-0.2, 0) is 9.84 Å². The number of rotatable bonds is 6. The lowest BCUT2D eigenvalue weighted by molar-refractivity contribution is 0.602. The molecule has 2 heterocycles. The summed E-state index contributed by atoms with van der Waals surface area (Å²) in [4.78, 5) is 9.95. The third kappa shape index (κ3) is 5.20. The zero-order valence-corrected chi connectivity index (χ0v) is 24.1. The van der Waals surface area contributed by atoms with Crippen LogP contribution in [0.5, 0.6) is 0 Å². The number of benzene rings is 4. The first kappa shape index (κ1) is 26.1. The molecule has 40 heavy (non-hydrogen) atoms. The van der Waals surface area contributed by atoms with E-state index in [1.807, 2.05) is 42.6 Å². The Morgan fingerprint density at radius 1 is 0.875 bits per heavy atom. The van der Waals surface area contributed by atoms with Crippen molar-refractivity contribution in [3.63, 3.8) is 0 Å². The molecule has 0 spiro atoms. The van der Waals surface area contributed by atoms with E-state index in [2.05, 4.69) is 68.5 Å². The van der Waals surface area contributed by atoms with E-state index in [0.717, 1.165) is 54.0 Å². The van der Waals surface area contributed by atoms with Crippen molar-refractivity contribution in [2.24, 2.45) is 0 Å². The van der Waals surface area contributed by atoms with Gasteiger partial charge in [-0.1, -0.05) is 62.4 Å². The van der Waals surface area contributed by atoms with E-state index in [-0.39, 0.29) is 0 Å². The van der Waals surface area contributed by atoms with E-state index >= 15 is 0 Å². The highest BCUT2D eigenvalue weighted by atomic mass is 32.2. The van der Waals surface area contributed by atoms with Crippen LogP contribution in [0.3, 0.4) is 0 Å². The van der Waals surface area contributed by atoms with Gasteiger partial charge >= 0.3 is 0 Å². The summed E-state index contributed by atoms with van der Waals surface area (Å²) in [5.74, 6) is 0.395. The zero-order valence-electron chi connectivity index (χ0n) is 22.5. The Labute approximate surface area is 238 Å². The monoisotopic (exact) mass is 560 g/mol. The number of fused-ring (bicyclic) bond motifs is 2. The van der Waals surface area contributed by atoms with Crippen LogP contribution < -0.4 is 0 Å². The topological polar surface area (TPSA) is 59.9 Å². The van der Waals surface area contributed by atoms with Crippen LogP contribution in [0.15, 0.2) is 108 Å². The van der Waals surface area contributed by atoms with Crippen molar-refractivity contribution in [3.05, 3.63) is 125 Å². The maximum Gasteiger partial charge on any atom is 0.175 e. The Morgan fingerprint density at radius 3 is 2.42 bits per heavy atom. The summed E-state index contributed by atoms with van der Waals surface area (Å²) < 4.78 is 25.3. The Hall–Kier alpha value is -4.13. The van der Waals surface area contributed by atoms with Crippen LogP contribution in [-0.4, -0.2) is 24.6 Å². The maximum absolute atomic E-state index is 12.1. The quantitative estimate of drug-likeness (QED) is 0.191. The van der Waals surface area contributed by atoms with Gasteiger partial charge in [0.2, 0.25) is 0 Å². The summed E-state index contributed by atoms with van der Waals surface area (Å²) >= 11 is 1.63. The number of nitrogens with zero attached hydrogens (tertiary/aromatic N) is 2. The minimum absolute atomic E-state index is 0.298. The summed E-state index contributed by atoms with van der Waals surface area (Å²) in [5, 5.41) is 2.01. The van der Waals surface area contributed by atoms with Gasteiger partial charge in [0.15, 0.2) is 9.84 Å². The van der Waals surface area contributed by atoms with Gasteiger partial charge in [-0.15, -0.1) is 11.3 Å². The SMILES string of the molecule is CC(C)c1cc(-c2cccc(C=C(c3ccc(S(C)(=O)=O)cc3)c3nc4ccccc4s3)c2)c2ncccc2c1. The molecule has 0 atom stereocenters. The van der Waals surface area contributed by atoms with Gasteiger partial charge in [0.25, 0.3) is 0 Å². The van der Waals surface area contributed by atoms with E-state index in [0.29, 0.717) is 10.8 Å². The van der Waals surface area contributed by atoms with Crippen molar-refractivity contribution >= 4 is 53.9 Å². The fraction of sp³-hybridized carbons (Fsp3) is 0.118. The molecular formula is C34H28N2O2S2. The van der Waals surface area contributed by atoms with Crippen molar-refractivity contribution in [3.8, 4) is 11.1 Å². The third-order valence-electron chi connectivity index (χ3n) is 7.02. The van der Waals surface area contributed by atoms with Crippen LogP contribution >= 0.6 is 11.3 Å². The smallest absolute Gasteiger partial charge is 0.175 e. The highest BCUT2D eigenvalue weighted by molar-refractivity contribution is 7.90. The molecule has 0 aliphatic carbocycles. The lowest BCUT2D eigenvalue weighted by Gasteiger charge is -2.13. The molecule has 2 aromatic heterocycles. The number of pyridine rings is 1. The average Bonchev–Trinajstić information content (AvgIpc) is 3.39. The number of aromatic nitrogens is 2. The van der Waals surface area contributed by atoms with E-state index in [1.54, 1.807) is 23.5 Å². The van der Waals surface area contributed by atoms with Gasteiger partial charge in [0.1, 0.15) is 5.01 Å². The summed E-state index contributed by atoms with van der Waals surface area (Å²) in [6, 6.07) is 32.2. The molecule has 0 amide bonds. The fourth-order valence-electron chi connectivity index (χ4n) is 4.87. The van der Waals surface area contributed by atoms with Gasteiger partial charge in [-0.2, -0.15) is 0 Å². The third-order valence-corrected chi connectivity index (χ3v) is 9.22. The number of sulfone groups is 1. The predicted molar refractivity (Wildman–Crippen MR) is 167 cm³/mol. The van der Waals surface area contributed by atoms with E-state index in [9.17, 15) is 8.42 Å². The van der Waals surface area contributed by atoms with E-state index < -0.39 is 9.84 Å². The summed E-state index contributed by atoms with van der Waals surface area (Å²) in [6.07, 6.45) is 5.21. The van der Waals surface area contributed by atoms with Gasteiger partial charge in [-0.05, 0) is 82.8 Å². The molecule has 6 aromatic rings. The second kappa shape index (κ2) is 10.5. The molecule has 0 saturated heterocycles. The molecule has 0 radical (unpaired) electrons. The molecule has 6 rings (SSSR count). The lowest BCUT2D eigenvalue weighted by atomic mass is 9.93. The maximum atomic E-state index is 12.1. The van der Waals surface area contributed by atoms with Crippen molar-refractivity contribution in [1.82, 2.24) is 9.97 Å². The van der Waals surface area contributed by atoms with Crippen molar-refractivity contribution in [2.45, 2.75) is 24.7 Å². The average molecular weight is 561 g/mol. The second-order valence-electron chi connectivity index (χ2n) is 10.3. The Kier molecular flexibility index (Phi) is 6.82. The molecule has 0 fully saturated rings. The molecule has 0 bridgehead atoms. The van der Waals surface area contributed by atoms with Gasteiger partial charge in [-0.3, -0.25) is 4.98 Å². The first-order valence-corrected chi connectivity index (χ1v) is 15.8. The molecular weight excluding hydrogens is 533 g/mol. The van der Waals surface area contributed by atoms with Crippen molar-refractivity contribution in [1.29, 1.82) is 0 Å². The molecule has 0 N–H and O–H groups in total. The van der Waals surface area contributed by atoms with Crippen LogP contribution in [0.4, 0.5) is 0 Å². The molecule has 4 aromatic carbocycles. The minimum atomic E-state index is -3.29. The van der Waals surface area contributed by atoms with Crippen LogP contribution in [0.2, 0.25) is 0 Å². The number of thiazole rings is 1. The normalized spacial score (nSPS) is 12.4. The number of para-hydroxylation sites is 1. The van der Waals surface area contributed by atoms with Gasteiger partial charge in [-0.25, -0.2) is 13.4 Å². The fourth-order valence-corrected chi connectivity index (χ4v) is 6.50. The van der Waals surface area contributed by atoms with E-state index in [1.165, 1.54) is 11.8 Å². The largest absolute Gasteiger partial charge is 0.256 e. The zero-order chi connectivity index (χ0) is 27.9. The van der Waals surface area contributed by atoms with Gasteiger partial charge < -0.3 is 0 Å². The molecule has 0 saturated carbocycles. The van der Waals surface area contributed by atoms with Crippen molar-refractivity contribution < 1.29 is 8.42 Å². The first-order valence-electron chi connectivity index (χ1n) is 13.1. The molecule has 6 heteroatoms. The predicted octanol–water partition coefficient (Wildman–Crippen LogP) is 8.63. The van der Waals surface area contributed by atoms with E-state index in [4.69, 9.17) is 9.97 Å². The Morgan fingerprint density at radius 2 is 1.68 bits per heavy atom. The summed E-state index contributed by atoms with van der Waals surface area (Å²) in [5.41, 5.74) is 8.28. The van der Waals surface area contributed by atoms with Crippen LogP contribution in [0, 0.1) is 0 Å². The van der Waals surface area contributed by atoms with Crippen LogP contribution in [0.25, 0.3) is 43.9 Å². The Bertz CT molecular complexity index is 1970. The molecule has 0 aliphatic rings. The molecule has 4 nitrogen and oxygen atoms in total. The Balaban J connectivity index is 1.52. The molecule has 198 valence electrons. The van der Waals surface area contributed by atoms with Gasteiger partial charge in [0.05, 0.1) is 20.6 Å². The van der Waals surface area contributed by atoms with Gasteiger partial charge in [0, 0.05) is 29.0 Å². The minimum Gasteiger partial charge on any atom is -0.256 e. The summed E-state index contributed by atoms with van der Waals surface area (Å²) in [6.45, 7) is 4.42. The lowest BCUT2D eigenvalue weighted by Crippen LogP contribution is -1.97. The molecule has 0 unspecified atom stereocenters. The first-order chi connectivity index (χ1) is 19.3. The number of hydrogen-bond acceptors (Lipinski definition) is 5. The van der Waals surface area contributed by atoms with Crippen molar-refractivity contribution in [2.75, 3.05) is 6.26 Å². The highest BCUT2D eigenvalue weighted by Gasteiger charge is 2.15. The highest BCUT2D eigenvalue weighted by Crippen LogP contribution is 2.35.